The predicted octanol–water partition coefficient (Wildman–Crippen LogP) is 0.459. The van der Waals surface area contributed by atoms with Crippen LogP contribution in [0.25, 0.3) is 0 Å². The van der Waals surface area contributed by atoms with Crippen LogP contribution in [0.3, 0.4) is 0 Å². The van der Waals surface area contributed by atoms with Crippen LogP contribution in [0.15, 0.2) is 0 Å². The van der Waals surface area contributed by atoms with Crippen LogP contribution in [-0.4, -0.2) is 80.4 Å². The molecule has 1 saturated heterocycles. The molecule has 0 aromatic heterocycles. The number of nitrogens with one attached hydrogen (secondary N) is 1. The van der Waals surface area contributed by atoms with Crippen molar-refractivity contribution in [3.63, 3.8) is 0 Å². The van der Waals surface area contributed by atoms with Crippen molar-refractivity contribution in [2.75, 3.05) is 47.4 Å². The molecule has 1 aliphatic rings. The summed E-state index contributed by atoms with van der Waals surface area (Å²) in [4.78, 5) is 26.6. The van der Waals surface area contributed by atoms with Crippen molar-refractivity contribution in [1.29, 1.82) is 0 Å². The smallest absolute Gasteiger partial charge is 0.317 e. The summed E-state index contributed by atoms with van der Waals surface area (Å²) in [6, 6.07) is -0.134. The van der Waals surface area contributed by atoms with E-state index in [0.29, 0.717) is 5.92 Å². The fourth-order valence-corrected chi connectivity index (χ4v) is 2.58. The van der Waals surface area contributed by atoms with Gasteiger partial charge in [0.2, 0.25) is 0 Å². The Balaban J connectivity index is 2.29. The van der Waals surface area contributed by atoms with Crippen molar-refractivity contribution < 1.29 is 19.4 Å². The van der Waals surface area contributed by atoms with Crippen molar-refractivity contribution in [3.05, 3.63) is 0 Å². The first-order chi connectivity index (χ1) is 9.92. The Kier molecular flexibility index (Phi) is 7.45. The van der Waals surface area contributed by atoms with E-state index in [1.54, 1.807) is 4.90 Å². The van der Waals surface area contributed by atoms with E-state index in [9.17, 15) is 9.59 Å². The van der Waals surface area contributed by atoms with Crippen LogP contribution >= 0.6 is 0 Å². The Morgan fingerprint density at radius 1 is 1.38 bits per heavy atom. The summed E-state index contributed by atoms with van der Waals surface area (Å²) < 4.78 is 5.04. The van der Waals surface area contributed by atoms with Crippen LogP contribution in [0, 0.1) is 5.92 Å². The van der Waals surface area contributed by atoms with Crippen molar-refractivity contribution in [3.8, 4) is 0 Å². The number of amides is 2. The van der Waals surface area contributed by atoms with Gasteiger partial charge in [0.1, 0.15) is 0 Å². The second kappa shape index (κ2) is 8.84. The monoisotopic (exact) mass is 301 g/mol. The third-order valence-corrected chi connectivity index (χ3v) is 3.74. The van der Waals surface area contributed by atoms with E-state index < -0.39 is 12.1 Å². The first-order valence-corrected chi connectivity index (χ1v) is 7.34. The van der Waals surface area contributed by atoms with Gasteiger partial charge in [-0.25, -0.2) is 4.79 Å². The minimum Gasteiger partial charge on any atom is -0.481 e. The normalized spacial score (nSPS) is 17.8. The highest BCUT2D eigenvalue weighted by Crippen LogP contribution is 2.17. The average molecular weight is 301 g/mol. The molecule has 7 nitrogen and oxygen atoms in total. The summed E-state index contributed by atoms with van der Waals surface area (Å²) >= 11 is 0. The highest BCUT2D eigenvalue weighted by atomic mass is 16.5. The highest BCUT2D eigenvalue weighted by Gasteiger charge is 2.23. The molecule has 1 rings (SSSR count). The van der Waals surface area contributed by atoms with Gasteiger partial charge < -0.3 is 25.0 Å². The number of hydrogen-bond donors (Lipinski definition) is 2. The van der Waals surface area contributed by atoms with Crippen LogP contribution in [-0.2, 0) is 9.53 Å². The number of carbonyl (C=O) groups excluding carboxylic acids is 1. The number of ether oxygens (including phenoxy) is 1. The number of aliphatic carboxylic acids is 1. The molecule has 122 valence electrons. The Bertz CT molecular complexity index is 341. The maximum atomic E-state index is 12.0. The minimum absolute atomic E-state index is 0.109. The number of urea groups is 1. The lowest BCUT2D eigenvalue weighted by Crippen LogP contribution is -2.47. The van der Waals surface area contributed by atoms with Gasteiger partial charge in [-0.2, -0.15) is 0 Å². The second-order valence-corrected chi connectivity index (χ2v) is 5.83. The zero-order chi connectivity index (χ0) is 15.8. The topological polar surface area (TPSA) is 82.1 Å². The number of carbonyl (C=O) groups is 2. The van der Waals surface area contributed by atoms with Gasteiger partial charge in [-0.1, -0.05) is 0 Å². The molecule has 1 fully saturated rings. The summed E-state index contributed by atoms with van der Waals surface area (Å²) in [5.41, 5.74) is 0. The molecular formula is C14H27N3O4. The molecule has 7 heteroatoms. The number of piperidine rings is 1. The molecule has 0 saturated carbocycles. The zero-order valence-electron chi connectivity index (χ0n) is 13.2. The molecule has 1 heterocycles. The van der Waals surface area contributed by atoms with Gasteiger partial charge in [-0.05, 0) is 32.9 Å². The Morgan fingerprint density at radius 3 is 2.48 bits per heavy atom. The summed E-state index contributed by atoms with van der Waals surface area (Å²) in [6.45, 7) is 2.78. The largest absolute Gasteiger partial charge is 0.481 e. The lowest BCUT2D eigenvalue weighted by molar-refractivity contribution is -0.139. The van der Waals surface area contributed by atoms with E-state index in [2.05, 4.69) is 24.3 Å². The van der Waals surface area contributed by atoms with E-state index in [1.807, 2.05) is 0 Å². The lowest BCUT2D eigenvalue weighted by Gasteiger charge is -2.33. The molecule has 1 aliphatic heterocycles. The molecule has 0 spiro atoms. The molecule has 0 aromatic carbocycles. The molecule has 0 radical (unpaired) electrons. The Hall–Kier alpha value is -1.34. The van der Waals surface area contributed by atoms with Gasteiger partial charge in [0.15, 0.2) is 0 Å². The minimum atomic E-state index is -0.930. The summed E-state index contributed by atoms with van der Waals surface area (Å²) in [6.07, 6.45) is 1.42. The van der Waals surface area contributed by atoms with Crippen LogP contribution in [0.5, 0.6) is 0 Å². The maximum absolute atomic E-state index is 12.0. The van der Waals surface area contributed by atoms with Crippen molar-refractivity contribution in [1.82, 2.24) is 15.1 Å². The van der Waals surface area contributed by atoms with E-state index >= 15 is 0 Å². The van der Waals surface area contributed by atoms with Crippen molar-refractivity contribution in [2.24, 2.45) is 5.92 Å². The fourth-order valence-electron chi connectivity index (χ4n) is 2.58. The molecule has 2 amide bonds. The summed E-state index contributed by atoms with van der Waals surface area (Å²) in [5.74, 6) is -0.289. The van der Waals surface area contributed by atoms with Crippen LogP contribution in [0.2, 0.25) is 0 Å². The van der Waals surface area contributed by atoms with E-state index in [4.69, 9.17) is 9.84 Å². The molecule has 1 atom stereocenters. The number of methoxy groups -OCH3 is 1. The lowest BCUT2D eigenvalue weighted by atomic mass is 9.97. The number of carboxylic acids is 1. The fraction of sp³-hybridized carbons (Fsp3) is 0.857. The van der Waals surface area contributed by atoms with Gasteiger partial charge in [0.05, 0.1) is 12.5 Å². The SMILES string of the molecule is COC(CNC(=O)N1CCC(CN(C)C)CC1)CC(=O)O. The standard InChI is InChI=1S/C14H27N3O4/c1-16(2)10-11-4-6-17(7-5-11)14(20)15-9-12(21-3)8-13(18)19/h11-12H,4-10H2,1-3H3,(H,15,20)(H,18,19). The zero-order valence-corrected chi connectivity index (χ0v) is 13.2. The molecule has 1 unspecified atom stereocenters. The third kappa shape index (κ3) is 6.77. The van der Waals surface area contributed by atoms with Gasteiger partial charge in [-0.15, -0.1) is 0 Å². The quantitative estimate of drug-likeness (QED) is 0.714. The van der Waals surface area contributed by atoms with Crippen molar-refractivity contribution in [2.45, 2.75) is 25.4 Å². The molecule has 2 N–H and O–H groups in total. The third-order valence-electron chi connectivity index (χ3n) is 3.74. The molecular weight excluding hydrogens is 274 g/mol. The summed E-state index contributed by atoms with van der Waals surface area (Å²) in [5, 5.41) is 11.5. The number of likely N-dealkylation sites (tertiary alicyclic amines) is 1. The predicted molar refractivity (Wildman–Crippen MR) is 79.3 cm³/mol. The average Bonchev–Trinajstić information content (AvgIpc) is 2.42. The number of hydrogen-bond acceptors (Lipinski definition) is 4. The van der Waals surface area contributed by atoms with E-state index in [-0.39, 0.29) is 19.0 Å². The van der Waals surface area contributed by atoms with Crippen LogP contribution < -0.4 is 5.32 Å². The molecule has 21 heavy (non-hydrogen) atoms. The molecule has 0 aliphatic carbocycles. The van der Waals surface area contributed by atoms with E-state index in [1.165, 1.54) is 7.11 Å². The van der Waals surface area contributed by atoms with Crippen LogP contribution in [0.1, 0.15) is 19.3 Å². The summed E-state index contributed by atoms with van der Waals surface area (Å²) in [7, 11) is 5.57. The number of rotatable bonds is 7. The first-order valence-electron chi connectivity index (χ1n) is 7.34. The van der Waals surface area contributed by atoms with Gasteiger partial charge in [-0.3, -0.25) is 4.79 Å². The molecule has 0 bridgehead atoms. The Labute approximate surface area is 126 Å². The van der Waals surface area contributed by atoms with Crippen molar-refractivity contribution >= 4 is 12.0 Å². The number of nitrogens with zero attached hydrogens (tertiary/aromatic N) is 2. The van der Waals surface area contributed by atoms with Gasteiger partial charge >= 0.3 is 12.0 Å². The molecule has 0 aromatic rings. The van der Waals surface area contributed by atoms with Crippen LogP contribution in [0.4, 0.5) is 4.79 Å². The highest BCUT2D eigenvalue weighted by molar-refractivity contribution is 5.74. The Morgan fingerprint density at radius 2 is 2.00 bits per heavy atom. The van der Waals surface area contributed by atoms with Gasteiger partial charge in [0, 0.05) is 33.3 Å². The maximum Gasteiger partial charge on any atom is 0.317 e. The second-order valence-electron chi connectivity index (χ2n) is 5.83. The number of carboxylic acid groups (broad SMARTS) is 1. The van der Waals surface area contributed by atoms with Gasteiger partial charge in [0.25, 0.3) is 0 Å². The van der Waals surface area contributed by atoms with E-state index in [0.717, 1.165) is 32.5 Å². The first kappa shape index (κ1) is 17.7.